The second-order valence-electron chi connectivity index (χ2n) is 5.89. The van der Waals surface area contributed by atoms with Crippen molar-refractivity contribution in [2.75, 3.05) is 7.11 Å². The summed E-state index contributed by atoms with van der Waals surface area (Å²) >= 11 is 3.26. The number of hydrogen-bond acceptors (Lipinski definition) is 4. The summed E-state index contributed by atoms with van der Waals surface area (Å²) < 4.78 is 7.23. The van der Waals surface area contributed by atoms with Crippen molar-refractivity contribution in [1.29, 1.82) is 0 Å². The lowest BCUT2D eigenvalue weighted by molar-refractivity contribution is -0.123. The Hall–Kier alpha value is -1.89. The van der Waals surface area contributed by atoms with Gasteiger partial charge in [-0.05, 0) is 48.8 Å². The van der Waals surface area contributed by atoms with E-state index in [1.54, 1.807) is 11.8 Å². The van der Waals surface area contributed by atoms with Crippen molar-refractivity contribution in [3.63, 3.8) is 0 Å². The fourth-order valence-electron chi connectivity index (χ4n) is 1.99. The van der Waals surface area contributed by atoms with Crippen LogP contribution in [0.4, 0.5) is 0 Å². The summed E-state index contributed by atoms with van der Waals surface area (Å²) in [6.07, 6.45) is 0. The van der Waals surface area contributed by atoms with E-state index in [0.29, 0.717) is 10.6 Å². The van der Waals surface area contributed by atoms with Gasteiger partial charge >= 0.3 is 0 Å². The van der Waals surface area contributed by atoms with Gasteiger partial charge in [0, 0.05) is 11.1 Å². The summed E-state index contributed by atoms with van der Waals surface area (Å²) in [5.74, 6) is 1.21. The summed E-state index contributed by atoms with van der Waals surface area (Å²) in [7, 11) is 1.61. The molecule has 22 heavy (non-hydrogen) atoms. The molecule has 1 amide bonds. The third kappa shape index (κ3) is 4.30. The lowest BCUT2D eigenvalue weighted by atomic mass is 10.1. The number of nitrogens with zero attached hydrogens (tertiary/aromatic N) is 3. The first kappa shape index (κ1) is 16.5. The predicted octanol–water partition coefficient (Wildman–Crippen LogP) is 2.63. The van der Waals surface area contributed by atoms with Crippen LogP contribution in [0.15, 0.2) is 29.0 Å². The zero-order chi connectivity index (χ0) is 16.3. The maximum absolute atomic E-state index is 12.1. The van der Waals surface area contributed by atoms with E-state index >= 15 is 0 Å². The van der Waals surface area contributed by atoms with E-state index in [1.165, 1.54) is 0 Å². The highest BCUT2D eigenvalue weighted by Gasteiger charge is 2.18. The normalized spacial score (nSPS) is 11.3. The van der Waals surface area contributed by atoms with Crippen LogP contribution in [0, 0.1) is 0 Å². The zero-order valence-corrected chi connectivity index (χ0v) is 14.6. The number of ether oxygens (including phenoxy) is 1. The van der Waals surface area contributed by atoms with Crippen LogP contribution in [0.25, 0.3) is 11.4 Å². The minimum atomic E-state index is -0.287. The van der Waals surface area contributed by atoms with E-state index in [1.807, 2.05) is 45.0 Å². The minimum absolute atomic E-state index is 0.0996. The molecule has 0 fully saturated rings. The number of nitrogens with one attached hydrogen (secondary N) is 1. The Morgan fingerprint density at radius 3 is 2.77 bits per heavy atom. The minimum Gasteiger partial charge on any atom is -0.497 e. The van der Waals surface area contributed by atoms with Gasteiger partial charge in [-0.15, -0.1) is 5.10 Å². The van der Waals surface area contributed by atoms with Gasteiger partial charge in [-0.25, -0.2) is 9.67 Å². The maximum Gasteiger partial charge on any atom is 0.242 e. The van der Waals surface area contributed by atoms with Crippen LogP contribution in [-0.2, 0) is 11.3 Å². The largest absolute Gasteiger partial charge is 0.497 e. The van der Waals surface area contributed by atoms with Crippen molar-refractivity contribution < 1.29 is 9.53 Å². The van der Waals surface area contributed by atoms with Gasteiger partial charge in [-0.2, -0.15) is 0 Å². The van der Waals surface area contributed by atoms with Gasteiger partial charge in [-0.1, -0.05) is 12.1 Å². The predicted molar refractivity (Wildman–Crippen MR) is 87.6 cm³/mol. The van der Waals surface area contributed by atoms with Crippen molar-refractivity contribution in [3.8, 4) is 17.1 Å². The fourth-order valence-corrected chi connectivity index (χ4v) is 2.35. The van der Waals surface area contributed by atoms with Crippen LogP contribution >= 0.6 is 15.9 Å². The standard InChI is InChI=1S/C15H19BrN4O2/c1-15(2,3)18-12(21)9-20-13(17-14(16)19-20)10-6-5-7-11(8-10)22-4/h5-8H,9H2,1-4H3,(H,18,21). The first-order valence-electron chi connectivity index (χ1n) is 6.84. The Morgan fingerprint density at radius 2 is 2.14 bits per heavy atom. The molecule has 1 heterocycles. The molecule has 1 aromatic carbocycles. The number of amides is 1. The molecule has 0 radical (unpaired) electrons. The van der Waals surface area contributed by atoms with Gasteiger partial charge < -0.3 is 10.1 Å². The Bertz CT molecular complexity index is 676. The lowest BCUT2D eigenvalue weighted by Crippen LogP contribution is -2.42. The summed E-state index contributed by atoms with van der Waals surface area (Å²) in [4.78, 5) is 16.4. The monoisotopic (exact) mass is 366 g/mol. The summed E-state index contributed by atoms with van der Waals surface area (Å²) in [6, 6.07) is 7.48. The molecule has 6 nitrogen and oxygen atoms in total. The Balaban J connectivity index is 2.28. The molecule has 7 heteroatoms. The van der Waals surface area contributed by atoms with Crippen LogP contribution in [0.3, 0.4) is 0 Å². The van der Waals surface area contributed by atoms with Crippen molar-refractivity contribution in [3.05, 3.63) is 29.0 Å². The van der Waals surface area contributed by atoms with Gasteiger partial charge in [0.2, 0.25) is 10.6 Å². The van der Waals surface area contributed by atoms with E-state index < -0.39 is 0 Å². The molecule has 0 saturated heterocycles. The highest BCUT2D eigenvalue weighted by molar-refractivity contribution is 9.10. The van der Waals surface area contributed by atoms with Crippen molar-refractivity contribution in [2.24, 2.45) is 0 Å². The summed E-state index contributed by atoms with van der Waals surface area (Å²) in [5, 5.41) is 7.14. The number of rotatable bonds is 4. The molecule has 0 aliphatic heterocycles. The molecule has 0 saturated carbocycles. The van der Waals surface area contributed by atoms with Crippen LogP contribution in [0.5, 0.6) is 5.75 Å². The van der Waals surface area contributed by atoms with Gasteiger partial charge in [0.15, 0.2) is 5.82 Å². The highest BCUT2D eigenvalue weighted by atomic mass is 79.9. The number of methoxy groups -OCH3 is 1. The first-order chi connectivity index (χ1) is 10.3. The molecule has 0 atom stereocenters. The van der Waals surface area contributed by atoms with Gasteiger partial charge in [0.25, 0.3) is 0 Å². The molecule has 0 bridgehead atoms. The molecule has 1 aromatic heterocycles. The quantitative estimate of drug-likeness (QED) is 0.902. The summed E-state index contributed by atoms with van der Waals surface area (Å²) in [6.45, 7) is 5.91. The molecule has 1 N–H and O–H groups in total. The van der Waals surface area contributed by atoms with Crippen LogP contribution in [-0.4, -0.2) is 33.3 Å². The second-order valence-corrected chi connectivity index (χ2v) is 6.60. The fraction of sp³-hybridized carbons (Fsp3) is 0.400. The van der Waals surface area contributed by atoms with Crippen molar-refractivity contribution >= 4 is 21.8 Å². The lowest BCUT2D eigenvalue weighted by Gasteiger charge is -2.20. The molecule has 0 aliphatic rings. The molecule has 2 aromatic rings. The van der Waals surface area contributed by atoms with E-state index in [-0.39, 0.29) is 18.0 Å². The number of benzene rings is 1. The van der Waals surface area contributed by atoms with Crippen molar-refractivity contribution in [1.82, 2.24) is 20.1 Å². The van der Waals surface area contributed by atoms with Crippen LogP contribution in [0.2, 0.25) is 0 Å². The number of carbonyl (C=O) groups excluding carboxylic acids is 1. The topological polar surface area (TPSA) is 69.0 Å². The van der Waals surface area contributed by atoms with Crippen LogP contribution < -0.4 is 10.1 Å². The van der Waals surface area contributed by atoms with Crippen LogP contribution in [0.1, 0.15) is 20.8 Å². The Kier molecular flexibility index (Phi) is 4.85. The number of halogens is 1. The SMILES string of the molecule is COc1cccc(-c2nc(Br)nn2CC(=O)NC(C)(C)C)c1. The molecule has 0 aliphatic carbocycles. The molecular formula is C15H19BrN4O2. The summed E-state index contributed by atoms with van der Waals surface area (Å²) in [5.41, 5.74) is 0.548. The Morgan fingerprint density at radius 1 is 1.41 bits per heavy atom. The molecule has 118 valence electrons. The van der Waals surface area contributed by atoms with E-state index in [9.17, 15) is 4.79 Å². The average Bonchev–Trinajstić information content (AvgIpc) is 2.77. The third-order valence-electron chi connectivity index (χ3n) is 2.78. The Labute approximate surface area is 138 Å². The molecular weight excluding hydrogens is 348 g/mol. The number of carbonyl (C=O) groups is 1. The average molecular weight is 367 g/mol. The second kappa shape index (κ2) is 6.48. The number of aromatic nitrogens is 3. The van der Waals surface area contributed by atoms with E-state index in [4.69, 9.17) is 4.74 Å². The first-order valence-corrected chi connectivity index (χ1v) is 7.63. The van der Waals surface area contributed by atoms with Gasteiger partial charge in [0.1, 0.15) is 12.3 Å². The zero-order valence-electron chi connectivity index (χ0n) is 13.1. The van der Waals surface area contributed by atoms with E-state index in [2.05, 4.69) is 31.3 Å². The van der Waals surface area contributed by atoms with Gasteiger partial charge in [0.05, 0.1) is 7.11 Å². The smallest absolute Gasteiger partial charge is 0.242 e. The molecule has 2 rings (SSSR count). The molecule has 0 spiro atoms. The van der Waals surface area contributed by atoms with E-state index in [0.717, 1.165) is 11.3 Å². The maximum atomic E-state index is 12.1. The molecule has 0 unspecified atom stereocenters. The third-order valence-corrected chi connectivity index (χ3v) is 3.12. The van der Waals surface area contributed by atoms with Gasteiger partial charge in [-0.3, -0.25) is 4.79 Å². The highest BCUT2D eigenvalue weighted by Crippen LogP contribution is 2.23. The van der Waals surface area contributed by atoms with Crippen molar-refractivity contribution in [2.45, 2.75) is 32.9 Å². The number of hydrogen-bond donors (Lipinski definition) is 1.